The first-order chi connectivity index (χ1) is 8.58. The molecule has 18 heavy (non-hydrogen) atoms. The van der Waals surface area contributed by atoms with Gasteiger partial charge < -0.3 is 10.5 Å². The number of rotatable bonds is 3. The van der Waals surface area contributed by atoms with Crippen molar-refractivity contribution in [1.29, 1.82) is 0 Å². The molecular formula is C11H15ClN3O3+. The average molecular weight is 273 g/mol. The zero-order valence-electron chi connectivity index (χ0n) is 9.80. The van der Waals surface area contributed by atoms with Gasteiger partial charge >= 0.3 is 5.69 Å². The number of hydrogen-bond donors (Lipinski definition) is 2. The highest BCUT2D eigenvalue weighted by atomic mass is 35.5. The predicted molar refractivity (Wildman–Crippen MR) is 67.0 cm³/mol. The van der Waals surface area contributed by atoms with Crippen LogP contribution in [0.15, 0.2) is 12.1 Å². The topological polar surface area (TPSA) is 78.8 Å². The maximum atomic E-state index is 11.0. The van der Waals surface area contributed by atoms with Crippen LogP contribution in [0.2, 0.25) is 5.02 Å². The molecule has 98 valence electrons. The van der Waals surface area contributed by atoms with E-state index in [4.69, 9.17) is 27.3 Å². The second kappa shape index (κ2) is 5.51. The van der Waals surface area contributed by atoms with E-state index in [2.05, 4.69) is 4.90 Å². The van der Waals surface area contributed by atoms with E-state index in [0.29, 0.717) is 24.8 Å². The van der Waals surface area contributed by atoms with Crippen molar-refractivity contribution in [3.8, 4) is 0 Å². The van der Waals surface area contributed by atoms with Gasteiger partial charge in [0.05, 0.1) is 18.1 Å². The summed E-state index contributed by atoms with van der Waals surface area (Å²) in [6.07, 6.45) is 0. The standard InChI is InChI=1S/C11H15ClN3O3/c12-9-5-8(7-14-1-3-18-4-2-14)11(13)10(6-9)15(16)17/h5-6H,1-4,7,13H2,(H,16,17)/q+1. The monoisotopic (exact) mass is 272 g/mol. The lowest BCUT2D eigenvalue weighted by atomic mass is 10.1. The number of halogens is 1. The Morgan fingerprint density at radius 3 is 2.72 bits per heavy atom. The van der Waals surface area contributed by atoms with E-state index in [1.807, 2.05) is 0 Å². The Hall–Kier alpha value is -1.37. The summed E-state index contributed by atoms with van der Waals surface area (Å²) in [5, 5.41) is 9.34. The second-order valence-corrected chi connectivity index (χ2v) is 4.60. The number of morpholine rings is 1. The van der Waals surface area contributed by atoms with E-state index in [0.717, 1.165) is 18.7 Å². The highest BCUT2D eigenvalue weighted by Crippen LogP contribution is 2.30. The van der Waals surface area contributed by atoms with Gasteiger partial charge in [-0.05, 0) is 11.6 Å². The fourth-order valence-corrected chi connectivity index (χ4v) is 2.18. The molecule has 1 fully saturated rings. The third-order valence-corrected chi connectivity index (χ3v) is 3.13. The van der Waals surface area contributed by atoms with Gasteiger partial charge in [-0.2, -0.15) is 0 Å². The van der Waals surface area contributed by atoms with E-state index in [9.17, 15) is 4.91 Å². The molecule has 0 saturated carbocycles. The highest BCUT2D eigenvalue weighted by molar-refractivity contribution is 6.31. The molecular weight excluding hydrogens is 258 g/mol. The largest absolute Gasteiger partial charge is 0.393 e. The molecule has 1 aromatic rings. The van der Waals surface area contributed by atoms with E-state index >= 15 is 0 Å². The molecule has 7 heteroatoms. The molecule has 0 atom stereocenters. The second-order valence-electron chi connectivity index (χ2n) is 4.16. The van der Waals surface area contributed by atoms with E-state index in [-0.39, 0.29) is 16.3 Å². The molecule has 3 N–H and O–H groups in total. The van der Waals surface area contributed by atoms with Crippen molar-refractivity contribution in [2.24, 2.45) is 0 Å². The normalized spacial score (nSPS) is 16.7. The van der Waals surface area contributed by atoms with Crippen LogP contribution >= 0.6 is 11.6 Å². The van der Waals surface area contributed by atoms with Crippen LogP contribution < -0.4 is 5.73 Å². The van der Waals surface area contributed by atoms with Gasteiger partial charge in [0, 0.05) is 30.7 Å². The Morgan fingerprint density at radius 2 is 2.11 bits per heavy atom. The van der Waals surface area contributed by atoms with Gasteiger partial charge in [-0.25, -0.2) is 5.21 Å². The Bertz CT molecular complexity index is 461. The van der Waals surface area contributed by atoms with Crippen molar-refractivity contribution in [2.75, 3.05) is 32.0 Å². The molecule has 1 aromatic carbocycles. The van der Waals surface area contributed by atoms with E-state index in [1.54, 1.807) is 6.07 Å². The quantitative estimate of drug-likeness (QED) is 0.645. The van der Waals surface area contributed by atoms with Crippen LogP contribution in [0.3, 0.4) is 0 Å². The molecule has 1 aliphatic rings. The van der Waals surface area contributed by atoms with Crippen molar-refractivity contribution in [3.05, 3.63) is 27.6 Å². The number of benzene rings is 1. The molecule has 0 aliphatic carbocycles. The summed E-state index contributed by atoms with van der Waals surface area (Å²) < 4.78 is 5.26. The van der Waals surface area contributed by atoms with Gasteiger partial charge in [-0.1, -0.05) is 11.6 Å². The SMILES string of the molecule is Nc1c(CN2CCOCC2)cc(Cl)cc1[N+](=O)O. The number of hydrogen-bond acceptors (Lipinski definition) is 4. The molecule has 1 saturated heterocycles. The molecule has 1 aliphatic heterocycles. The predicted octanol–water partition coefficient (Wildman–Crippen LogP) is 1.55. The molecule has 6 nitrogen and oxygen atoms in total. The lowest BCUT2D eigenvalue weighted by molar-refractivity contribution is -0.729. The first kappa shape index (κ1) is 13.1. The van der Waals surface area contributed by atoms with Crippen LogP contribution in [0, 0.1) is 4.91 Å². The zero-order chi connectivity index (χ0) is 13.1. The number of anilines is 1. The first-order valence-corrected chi connectivity index (χ1v) is 6.00. The molecule has 2 rings (SSSR count). The number of nitrogen functional groups attached to an aromatic ring is 1. The summed E-state index contributed by atoms with van der Waals surface area (Å²) in [4.78, 5) is 12.9. The average Bonchev–Trinajstić information content (AvgIpc) is 2.34. The van der Waals surface area contributed by atoms with E-state index < -0.39 is 0 Å². The van der Waals surface area contributed by atoms with Crippen molar-refractivity contribution in [1.82, 2.24) is 4.90 Å². The Morgan fingerprint density at radius 1 is 1.44 bits per heavy atom. The van der Waals surface area contributed by atoms with E-state index in [1.165, 1.54) is 6.07 Å². The fourth-order valence-electron chi connectivity index (χ4n) is 1.95. The Labute approximate surface area is 109 Å². The number of nitrogens with zero attached hydrogens (tertiary/aromatic N) is 2. The van der Waals surface area contributed by atoms with Gasteiger partial charge in [-0.15, -0.1) is 0 Å². The first-order valence-electron chi connectivity index (χ1n) is 5.62. The molecule has 0 amide bonds. The van der Waals surface area contributed by atoms with Crippen LogP contribution in [-0.4, -0.2) is 41.3 Å². The van der Waals surface area contributed by atoms with Gasteiger partial charge in [0.2, 0.25) is 0 Å². The Balaban J connectivity index is 2.23. The lowest BCUT2D eigenvalue weighted by Crippen LogP contribution is -2.35. The summed E-state index contributed by atoms with van der Waals surface area (Å²) >= 11 is 5.91. The number of ether oxygens (including phenoxy) is 1. The number of nitrogens with two attached hydrogens (primary N) is 1. The summed E-state index contributed by atoms with van der Waals surface area (Å²) in [6.45, 7) is 3.56. The minimum Gasteiger partial charge on any atom is -0.393 e. The molecule has 0 bridgehead atoms. The van der Waals surface area contributed by atoms with Crippen molar-refractivity contribution in [2.45, 2.75) is 6.54 Å². The smallest absolute Gasteiger partial charge is 0.341 e. The Kier molecular flexibility index (Phi) is 4.00. The maximum Gasteiger partial charge on any atom is 0.341 e. The lowest BCUT2D eigenvalue weighted by Gasteiger charge is -2.26. The maximum absolute atomic E-state index is 11.0. The van der Waals surface area contributed by atoms with Gasteiger partial charge in [0.25, 0.3) is 4.92 Å². The molecule has 1 heterocycles. The van der Waals surface area contributed by atoms with Crippen LogP contribution in [-0.2, 0) is 11.3 Å². The summed E-state index contributed by atoms with van der Waals surface area (Å²) in [6, 6.07) is 3.05. The summed E-state index contributed by atoms with van der Waals surface area (Å²) in [7, 11) is 0. The molecule has 0 unspecified atom stereocenters. The molecule has 0 aromatic heterocycles. The van der Waals surface area contributed by atoms with Gasteiger partial charge in [0.1, 0.15) is 5.69 Å². The summed E-state index contributed by atoms with van der Waals surface area (Å²) in [5.41, 5.74) is 6.81. The van der Waals surface area contributed by atoms with Crippen LogP contribution in [0.4, 0.5) is 11.4 Å². The fraction of sp³-hybridized carbons (Fsp3) is 0.455. The van der Waals surface area contributed by atoms with Crippen LogP contribution in [0.1, 0.15) is 5.56 Å². The third kappa shape index (κ3) is 2.90. The minimum absolute atomic E-state index is 0.0224. The minimum atomic E-state index is -0.260. The van der Waals surface area contributed by atoms with Gasteiger partial charge in [-0.3, -0.25) is 4.90 Å². The molecule has 0 spiro atoms. The third-order valence-electron chi connectivity index (χ3n) is 2.91. The van der Waals surface area contributed by atoms with Crippen LogP contribution in [0.5, 0.6) is 0 Å². The summed E-state index contributed by atoms with van der Waals surface area (Å²) in [5.74, 6) is 0. The highest BCUT2D eigenvalue weighted by Gasteiger charge is 2.22. The zero-order valence-corrected chi connectivity index (χ0v) is 10.6. The van der Waals surface area contributed by atoms with Gasteiger partial charge in [0.15, 0.2) is 0 Å². The van der Waals surface area contributed by atoms with Crippen molar-refractivity contribution in [3.63, 3.8) is 0 Å². The van der Waals surface area contributed by atoms with Crippen LogP contribution in [0.25, 0.3) is 0 Å². The van der Waals surface area contributed by atoms with Crippen molar-refractivity contribution < 1.29 is 14.9 Å². The molecule has 0 radical (unpaired) electrons. The van der Waals surface area contributed by atoms with Crippen molar-refractivity contribution >= 4 is 23.0 Å².